The summed E-state index contributed by atoms with van der Waals surface area (Å²) >= 11 is 0. The normalized spacial score (nSPS) is 18.7. The SMILES string of the molecule is CC(C)[C@@H](NC(=O)c1cc(C(F)(F)F)ccc1F)C(=O)N1CCC2(CC1)C(=O)N(C)C(=O)N2Cc1ccc2c(c1)OCCO2. The van der Waals surface area contributed by atoms with E-state index in [0.717, 1.165) is 10.5 Å². The van der Waals surface area contributed by atoms with Gasteiger partial charge in [0.25, 0.3) is 11.8 Å². The maximum absolute atomic E-state index is 14.4. The lowest BCUT2D eigenvalue weighted by atomic mass is 9.85. The van der Waals surface area contributed by atoms with E-state index in [1.807, 2.05) is 0 Å². The fraction of sp³-hybridized carbons (Fsp3) is 0.467. The summed E-state index contributed by atoms with van der Waals surface area (Å²) < 4.78 is 65.1. The van der Waals surface area contributed by atoms with Crippen LogP contribution in [0.5, 0.6) is 11.5 Å². The number of hydrogen-bond acceptors (Lipinski definition) is 6. The van der Waals surface area contributed by atoms with Crippen molar-refractivity contribution in [3.8, 4) is 11.5 Å². The first-order chi connectivity index (χ1) is 20.7. The molecule has 0 aromatic heterocycles. The highest BCUT2D eigenvalue weighted by atomic mass is 19.4. The Morgan fingerprint density at radius 3 is 2.30 bits per heavy atom. The third-order valence-corrected chi connectivity index (χ3v) is 8.34. The predicted octanol–water partition coefficient (Wildman–Crippen LogP) is 3.83. The zero-order valence-electron chi connectivity index (χ0n) is 24.4. The van der Waals surface area contributed by atoms with E-state index in [0.29, 0.717) is 42.9 Å². The molecule has 3 aliphatic heterocycles. The van der Waals surface area contributed by atoms with Gasteiger partial charge in [-0.05, 0) is 54.7 Å². The highest BCUT2D eigenvalue weighted by molar-refractivity contribution is 6.07. The topological polar surface area (TPSA) is 108 Å². The van der Waals surface area contributed by atoms with Crippen LogP contribution < -0.4 is 14.8 Å². The minimum absolute atomic E-state index is 0.0698. The summed E-state index contributed by atoms with van der Waals surface area (Å²) in [5.74, 6) is -2.59. The van der Waals surface area contributed by atoms with Crippen LogP contribution in [-0.4, -0.2) is 83.4 Å². The molecule has 2 saturated heterocycles. The van der Waals surface area contributed by atoms with Gasteiger partial charge in [0, 0.05) is 26.7 Å². The third-order valence-electron chi connectivity index (χ3n) is 8.34. The second kappa shape index (κ2) is 11.6. The molecule has 5 rings (SSSR count). The summed E-state index contributed by atoms with van der Waals surface area (Å²) in [5, 5.41) is 2.40. The number of urea groups is 1. The summed E-state index contributed by atoms with van der Waals surface area (Å²) in [7, 11) is 1.41. The van der Waals surface area contributed by atoms with Crippen LogP contribution in [0.4, 0.5) is 22.4 Å². The number of likely N-dealkylation sites (tertiary alicyclic amines) is 1. The number of piperidine rings is 1. The monoisotopic (exact) mass is 620 g/mol. The number of fused-ring (bicyclic) bond motifs is 1. The minimum Gasteiger partial charge on any atom is -0.486 e. The van der Waals surface area contributed by atoms with Crippen LogP contribution in [0.2, 0.25) is 0 Å². The molecule has 1 N–H and O–H groups in total. The van der Waals surface area contributed by atoms with Crippen LogP contribution in [0.25, 0.3) is 0 Å². The zero-order chi connectivity index (χ0) is 32.0. The molecule has 0 bridgehead atoms. The number of rotatable bonds is 6. The highest BCUT2D eigenvalue weighted by Gasteiger charge is 2.57. The maximum Gasteiger partial charge on any atom is 0.416 e. The number of nitrogens with zero attached hydrogens (tertiary/aromatic N) is 3. The summed E-state index contributed by atoms with van der Waals surface area (Å²) in [4.78, 5) is 57.1. The first-order valence-electron chi connectivity index (χ1n) is 14.2. The molecule has 5 amide bonds. The molecule has 0 saturated carbocycles. The van der Waals surface area contributed by atoms with Crippen molar-refractivity contribution in [2.75, 3.05) is 33.4 Å². The van der Waals surface area contributed by atoms with Gasteiger partial charge in [-0.3, -0.25) is 19.3 Å². The molecule has 0 unspecified atom stereocenters. The first kappa shape index (κ1) is 31.1. The summed E-state index contributed by atoms with van der Waals surface area (Å²) in [6, 6.07) is 5.15. The van der Waals surface area contributed by atoms with Gasteiger partial charge in [-0.1, -0.05) is 19.9 Å². The van der Waals surface area contributed by atoms with Crippen molar-refractivity contribution in [2.24, 2.45) is 5.92 Å². The van der Waals surface area contributed by atoms with Gasteiger partial charge in [0.1, 0.15) is 30.6 Å². The van der Waals surface area contributed by atoms with Gasteiger partial charge in [-0.2, -0.15) is 13.2 Å². The van der Waals surface area contributed by atoms with E-state index in [-0.39, 0.29) is 38.4 Å². The second-order valence-corrected chi connectivity index (χ2v) is 11.5. The van der Waals surface area contributed by atoms with E-state index in [1.54, 1.807) is 32.0 Å². The minimum atomic E-state index is -4.79. The molecule has 2 aromatic rings. The van der Waals surface area contributed by atoms with Gasteiger partial charge >= 0.3 is 12.2 Å². The molecule has 1 atom stereocenters. The number of alkyl halides is 3. The Labute approximate surface area is 250 Å². The predicted molar refractivity (Wildman–Crippen MR) is 147 cm³/mol. The van der Waals surface area contributed by atoms with Crippen molar-refractivity contribution in [3.63, 3.8) is 0 Å². The molecular formula is C30H32F4N4O6. The van der Waals surface area contributed by atoms with E-state index in [1.165, 1.54) is 16.8 Å². The summed E-state index contributed by atoms with van der Waals surface area (Å²) in [6.45, 7) is 4.35. The van der Waals surface area contributed by atoms with Gasteiger partial charge in [-0.15, -0.1) is 0 Å². The second-order valence-electron chi connectivity index (χ2n) is 11.5. The number of carbonyl (C=O) groups is 4. The van der Waals surface area contributed by atoms with Crippen molar-refractivity contribution in [3.05, 3.63) is 58.9 Å². The maximum atomic E-state index is 14.4. The highest BCUT2D eigenvalue weighted by Crippen LogP contribution is 2.39. The fourth-order valence-corrected chi connectivity index (χ4v) is 5.85. The van der Waals surface area contributed by atoms with Crippen LogP contribution in [0.3, 0.4) is 0 Å². The van der Waals surface area contributed by atoms with Crippen LogP contribution in [0.1, 0.15) is 48.2 Å². The molecule has 0 radical (unpaired) electrons. The molecule has 0 aliphatic carbocycles. The Balaban J connectivity index is 1.31. The van der Waals surface area contributed by atoms with Crippen molar-refractivity contribution in [1.82, 2.24) is 20.0 Å². The van der Waals surface area contributed by atoms with Crippen LogP contribution >= 0.6 is 0 Å². The van der Waals surface area contributed by atoms with Crippen molar-refractivity contribution < 1.29 is 46.2 Å². The van der Waals surface area contributed by atoms with Gasteiger partial charge in [0.05, 0.1) is 11.1 Å². The number of likely N-dealkylation sites (N-methyl/N-ethyl adjacent to an activating group) is 1. The number of ether oxygens (including phenoxy) is 2. The Morgan fingerprint density at radius 2 is 1.66 bits per heavy atom. The lowest BCUT2D eigenvalue weighted by Crippen LogP contribution is -2.60. The largest absolute Gasteiger partial charge is 0.486 e. The Bertz CT molecular complexity index is 1490. The summed E-state index contributed by atoms with van der Waals surface area (Å²) in [5.41, 5.74) is -2.50. The Hall–Kier alpha value is -4.36. The molecule has 2 aromatic carbocycles. The third kappa shape index (κ3) is 5.64. The van der Waals surface area contributed by atoms with E-state index in [9.17, 15) is 36.7 Å². The molecule has 236 valence electrons. The molecule has 3 heterocycles. The van der Waals surface area contributed by atoms with E-state index in [4.69, 9.17) is 9.47 Å². The zero-order valence-corrected chi connectivity index (χ0v) is 24.4. The van der Waals surface area contributed by atoms with Gasteiger partial charge in [-0.25, -0.2) is 9.18 Å². The molecule has 44 heavy (non-hydrogen) atoms. The molecule has 14 heteroatoms. The number of halogens is 4. The van der Waals surface area contributed by atoms with E-state index in [2.05, 4.69) is 5.32 Å². The number of benzene rings is 2. The van der Waals surface area contributed by atoms with Gasteiger partial charge < -0.3 is 24.6 Å². The van der Waals surface area contributed by atoms with Crippen molar-refractivity contribution in [1.29, 1.82) is 0 Å². The van der Waals surface area contributed by atoms with Crippen molar-refractivity contribution in [2.45, 2.75) is 51.0 Å². The van der Waals surface area contributed by atoms with Crippen LogP contribution in [-0.2, 0) is 22.3 Å². The summed E-state index contributed by atoms with van der Waals surface area (Å²) in [6.07, 6.45) is -4.54. The van der Waals surface area contributed by atoms with Crippen molar-refractivity contribution >= 4 is 23.8 Å². The standard InChI is InChI=1S/C30H32F4N4O6/c1-17(2)24(35-25(39)20-15-19(30(32,33)34)5-6-21(20)31)26(40)37-10-8-29(9-11-37)27(41)36(3)28(42)38(29)16-18-4-7-22-23(14-18)44-13-12-43-22/h4-7,14-15,17,24H,8-13,16H2,1-3H3,(H,35,39)/t24-/m1/s1. The Kier molecular flexibility index (Phi) is 8.21. The molecule has 1 spiro atoms. The molecule has 2 fully saturated rings. The van der Waals surface area contributed by atoms with Gasteiger partial charge in [0.2, 0.25) is 5.91 Å². The number of imide groups is 1. The lowest BCUT2D eigenvalue weighted by Gasteiger charge is -2.43. The van der Waals surface area contributed by atoms with Crippen LogP contribution in [0, 0.1) is 11.7 Å². The van der Waals surface area contributed by atoms with Crippen LogP contribution in [0.15, 0.2) is 36.4 Å². The van der Waals surface area contributed by atoms with E-state index >= 15 is 0 Å². The molecule has 10 nitrogen and oxygen atoms in total. The average molecular weight is 621 g/mol. The van der Waals surface area contributed by atoms with E-state index < -0.39 is 58.5 Å². The lowest BCUT2D eigenvalue weighted by molar-refractivity contribution is -0.142. The number of amides is 5. The Morgan fingerprint density at radius 1 is 1.00 bits per heavy atom. The molecule has 3 aliphatic rings. The number of carbonyl (C=O) groups excluding carboxylic acids is 4. The fourth-order valence-electron chi connectivity index (χ4n) is 5.85. The average Bonchev–Trinajstić information content (AvgIpc) is 3.15. The quantitative estimate of drug-likeness (QED) is 0.389. The number of hydrogen-bond donors (Lipinski definition) is 1. The first-order valence-corrected chi connectivity index (χ1v) is 14.2. The molecular weight excluding hydrogens is 588 g/mol. The van der Waals surface area contributed by atoms with Gasteiger partial charge in [0.15, 0.2) is 11.5 Å². The smallest absolute Gasteiger partial charge is 0.416 e. The number of nitrogens with one attached hydrogen (secondary N) is 1.